The zero-order valence-corrected chi connectivity index (χ0v) is 11.7. The lowest BCUT2D eigenvalue weighted by Gasteiger charge is -2.26. The summed E-state index contributed by atoms with van der Waals surface area (Å²) in [5.74, 6) is 1.91. The molecule has 1 saturated carbocycles. The van der Waals surface area contributed by atoms with Crippen LogP contribution in [0.25, 0.3) is 0 Å². The van der Waals surface area contributed by atoms with Crippen LogP contribution in [0.15, 0.2) is 6.33 Å². The van der Waals surface area contributed by atoms with Gasteiger partial charge in [0.1, 0.15) is 12.2 Å². The maximum atomic E-state index is 4.37. The van der Waals surface area contributed by atoms with Gasteiger partial charge in [0.25, 0.3) is 0 Å². The fourth-order valence-electron chi connectivity index (χ4n) is 3.08. The van der Waals surface area contributed by atoms with Crippen molar-refractivity contribution < 1.29 is 0 Å². The van der Waals surface area contributed by atoms with E-state index in [0.717, 1.165) is 24.7 Å². The lowest BCUT2D eigenvalue weighted by Crippen LogP contribution is -2.38. The Labute approximate surface area is 110 Å². The number of aromatic nitrogens is 3. The van der Waals surface area contributed by atoms with Crippen molar-refractivity contribution in [3.8, 4) is 0 Å². The summed E-state index contributed by atoms with van der Waals surface area (Å²) in [5, 5.41) is 7.84. The van der Waals surface area contributed by atoms with E-state index >= 15 is 0 Å². The number of hydrogen-bond donors (Lipinski definition) is 1. The van der Waals surface area contributed by atoms with Crippen LogP contribution in [-0.2, 0) is 13.5 Å². The van der Waals surface area contributed by atoms with Gasteiger partial charge in [0.15, 0.2) is 0 Å². The number of nitrogens with one attached hydrogen (secondary N) is 1. The topological polar surface area (TPSA) is 42.7 Å². The largest absolute Gasteiger partial charge is 0.314 e. The standard InChI is InChI=1S/C14H26N4/c1-3-15-13(10-14-16-11-17-18(14)2)12-8-6-4-5-7-9-12/h11-13,15H,3-10H2,1-2H3. The van der Waals surface area contributed by atoms with Crippen molar-refractivity contribution in [3.05, 3.63) is 12.2 Å². The maximum Gasteiger partial charge on any atom is 0.138 e. The molecule has 1 heterocycles. The Hall–Kier alpha value is -0.900. The minimum absolute atomic E-state index is 0.566. The monoisotopic (exact) mass is 250 g/mol. The van der Waals surface area contributed by atoms with Gasteiger partial charge >= 0.3 is 0 Å². The molecule has 0 aliphatic heterocycles. The van der Waals surface area contributed by atoms with E-state index in [0.29, 0.717) is 6.04 Å². The van der Waals surface area contributed by atoms with E-state index in [1.807, 2.05) is 11.7 Å². The third kappa shape index (κ3) is 3.55. The average molecular weight is 250 g/mol. The Bertz CT molecular complexity index is 339. The molecule has 1 atom stereocenters. The summed E-state index contributed by atoms with van der Waals surface area (Å²) in [6, 6.07) is 0.566. The second kappa shape index (κ2) is 6.88. The van der Waals surface area contributed by atoms with Gasteiger partial charge in [-0.3, -0.25) is 4.68 Å². The van der Waals surface area contributed by atoms with Crippen molar-refractivity contribution in [3.63, 3.8) is 0 Å². The average Bonchev–Trinajstić information content (AvgIpc) is 2.64. The molecule has 4 heteroatoms. The van der Waals surface area contributed by atoms with E-state index in [1.165, 1.54) is 38.5 Å². The molecule has 0 spiro atoms. The molecule has 1 aliphatic carbocycles. The Balaban J connectivity index is 2.00. The lowest BCUT2D eigenvalue weighted by molar-refractivity contribution is 0.315. The molecule has 1 fully saturated rings. The van der Waals surface area contributed by atoms with Gasteiger partial charge in [-0.25, -0.2) is 4.98 Å². The summed E-state index contributed by atoms with van der Waals surface area (Å²) < 4.78 is 1.90. The van der Waals surface area contributed by atoms with Crippen LogP contribution in [0.2, 0.25) is 0 Å². The highest BCUT2D eigenvalue weighted by atomic mass is 15.3. The first-order valence-electron chi connectivity index (χ1n) is 7.37. The molecule has 1 unspecified atom stereocenters. The molecule has 1 aromatic rings. The molecule has 0 radical (unpaired) electrons. The fourth-order valence-corrected chi connectivity index (χ4v) is 3.08. The van der Waals surface area contributed by atoms with Crippen LogP contribution in [0.5, 0.6) is 0 Å². The molecule has 102 valence electrons. The number of nitrogens with zero attached hydrogens (tertiary/aromatic N) is 3. The first kappa shape index (κ1) is 13.5. The minimum atomic E-state index is 0.566. The second-order valence-electron chi connectivity index (χ2n) is 5.42. The molecule has 0 aromatic carbocycles. The third-order valence-electron chi connectivity index (χ3n) is 4.14. The van der Waals surface area contributed by atoms with Crippen molar-refractivity contribution in [1.29, 1.82) is 0 Å². The number of aryl methyl sites for hydroxylation is 1. The number of likely N-dealkylation sites (N-methyl/N-ethyl adjacent to an activating group) is 1. The van der Waals surface area contributed by atoms with E-state index < -0.39 is 0 Å². The van der Waals surface area contributed by atoms with Gasteiger partial charge in [-0.15, -0.1) is 0 Å². The van der Waals surface area contributed by atoms with Gasteiger partial charge in [0, 0.05) is 19.5 Å². The Kier molecular flexibility index (Phi) is 5.17. The van der Waals surface area contributed by atoms with Gasteiger partial charge in [-0.05, 0) is 25.3 Å². The molecule has 1 aromatic heterocycles. The van der Waals surface area contributed by atoms with Crippen LogP contribution < -0.4 is 5.32 Å². The van der Waals surface area contributed by atoms with Crippen LogP contribution in [0, 0.1) is 5.92 Å². The zero-order valence-electron chi connectivity index (χ0n) is 11.7. The summed E-state index contributed by atoms with van der Waals surface area (Å²) in [4.78, 5) is 4.37. The molecular formula is C14H26N4. The van der Waals surface area contributed by atoms with Crippen molar-refractivity contribution in [2.45, 2.75) is 57.9 Å². The Morgan fingerprint density at radius 2 is 2.06 bits per heavy atom. The van der Waals surface area contributed by atoms with Gasteiger partial charge in [-0.2, -0.15) is 5.10 Å². The van der Waals surface area contributed by atoms with Gasteiger partial charge in [0.2, 0.25) is 0 Å². The number of rotatable bonds is 5. The van der Waals surface area contributed by atoms with Gasteiger partial charge < -0.3 is 5.32 Å². The third-order valence-corrected chi connectivity index (χ3v) is 4.14. The van der Waals surface area contributed by atoms with E-state index in [2.05, 4.69) is 22.3 Å². The van der Waals surface area contributed by atoms with Crippen LogP contribution in [-0.4, -0.2) is 27.4 Å². The molecule has 0 amide bonds. The first-order chi connectivity index (χ1) is 8.81. The second-order valence-corrected chi connectivity index (χ2v) is 5.42. The smallest absolute Gasteiger partial charge is 0.138 e. The Morgan fingerprint density at radius 1 is 1.33 bits per heavy atom. The Morgan fingerprint density at radius 3 is 2.61 bits per heavy atom. The minimum Gasteiger partial charge on any atom is -0.314 e. The highest BCUT2D eigenvalue weighted by Gasteiger charge is 2.23. The lowest BCUT2D eigenvalue weighted by atomic mass is 9.89. The maximum absolute atomic E-state index is 4.37. The highest BCUT2D eigenvalue weighted by Crippen LogP contribution is 2.26. The molecule has 0 bridgehead atoms. The van der Waals surface area contributed by atoms with E-state index in [4.69, 9.17) is 0 Å². The van der Waals surface area contributed by atoms with Crippen LogP contribution >= 0.6 is 0 Å². The van der Waals surface area contributed by atoms with E-state index in [-0.39, 0.29) is 0 Å². The highest BCUT2D eigenvalue weighted by molar-refractivity contribution is 4.92. The predicted octanol–water partition coefficient (Wildman–Crippen LogP) is 2.31. The van der Waals surface area contributed by atoms with Crippen molar-refractivity contribution in [2.24, 2.45) is 13.0 Å². The van der Waals surface area contributed by atoms with Gasteiger partial charge in [-0.1, -0.05) is 32.6 Å². The van der Waals surface area contributed by atoms with Crippen molar-refractivity contribution >= 4 is 0 Å². The van der Waals surface area contributed by atoms with Crippen molar-refractivity contribution in [2.75, 3.05) is 6.54 Å². The molecule has 0 saturated heterocycles. The fraction of sp³-hybridized carbons (Fsp3) is 0.857. The molecule has 2 rings (SSSR count). The van der Waals surface area contributed by atoms with E-state index in [9.17, 15) is 0 Å². The molecule has 4 nitrogen and oxygen atoms in total. The van der Waals surface area contributed by atoms with Crippen LogP contribution in [0.4, 0.5) is 0 Å². The van der Waals surface area contributed by atoms with E-state index in [1.54, 1.807) is 6.33 Å². The predicted molar refractivity (Wildman–Crippen MR) is 73.4 cm³/mol. The molecule has 18 heavy (non-hydrogen) atoms. The summed E-state index contributed by atoms with van der Waals surface area (Å²) in [5.41, 5.74) is 0. The number of hydrogen-bond acceptors (Lipinski definition) is 3. The van der Waals surface area contributed by atoms with Crippen LogP contribution in [0.3, 0.4) is 0 Å². The molecular weight excluding hydrogens is 224 g/mol. The SMILES string of the molecule is CCNC(Cc1ncnn1C)C1CCCCCC1. The summed E-state index contributed by atoms with van der Waals surface area (Å²) in [6.45, 7) is 3.24. The van der Waals surface area contributed by atoms with Crippen molar-refractivity contribution in [1.82, 2.24) is 20.1 Å². The zero-order chi connectivity index (χ0) is 12.8. The molecule has 1 aliphatic rings. The van der Waals surface area contributed by atoms with Crippen LogP contribution in [0.1, 0.15) is 51.3 Å². The van der Waals surface area contributed by atoms with Gasteiger partial charge in [0.05, 0.1) is 0 Å². The quantitative estimate of drug-likeness (QED) is 0.815. The molecule has 1 N–H and O–H groups in total. The summed E-state index contributed by atoms with van der Waals surface area (Å²) >= 11 is 0. The normalized spacial score (nSPS) is 19.7. The first-order valence-corrected chi connectivity index (χ1v) is 7.37. The summed E-state index contributed by atoms with van der Waals surface area (Å²) in [6.07, 6.45) is 11.0. The summed E-state index contributed by atoms with van der Waals surface area (Å²) in [7, 11) is 1.98.